The molecular weight excluding hydrogens is 390 g/mol. The quantitative estimate of drug-likeness (QED) is 0.332. The predicted octanol–water partition coefficient (Wildman–Crippen LogP) is 7.62. The molecule has 2 aromatic heterocycles. The van der Waals surface area contributed by atoms with E-state index in [1.54, 1.807) is 0 Å². The summed E-state index contributed by atoms with van der Waals surface area (Å²) >= 11 is 0. The van der Waals surface area contributed by atoms with Crippen molar-refractivity contribution in [3.05, 3.63) is 77.5 Å². The van der Waals surface area contributed by atoms with E-state index in [9.17, 15) is 0 Å². The van der Waals surface area contributed by atoms with Crippen molar-refractivity contribution in [2.75, 3.05) is 0 Å². The average Bonchev–Trinajstić information content (AvgIpc) is 3.16. The molecule has 0 unspecified atom stereocenters. The molecule has 1 aliphatic rings. The molecule has 0 spiro atoms. The Balaban J connectivity index is 1.75. The van der Waals surface area contributed by atoms with Gasteiger partial charge in [-0.1, -0.05) is 87.1 Å². The molecule has 0 saturated carbocycles. The van der Waals surface area contributed by atoms with Gasteiger partial charge in [-0.2, -0.15) is 5.10 Å². The molecule has 0 N–H and O–H groups in total. The van der Waals surface area contributed by atoms with Crippen LogP contribution in [0.4, 0.5) is 0 Å². The number of hydrogen-bond donors (Lipinski definition) is 0. The van der Waals surface area contributed by atoms with Crippen molar-refractivity contribution in [3.8, 4) is 16.9 Å². The summed E-state index contributed by atoms with van der Waals surface area (Å²) < 4.78 is 2.05. The highest BCUT2D eigenvalue weighted by Gasteiger charge is 2.22. The van der Waals surface area contributed by atoms with Gasteiger partial charge >= 0.3 is 0 Å². The number of hydrogen-bond acceptors (Lipinski definition) is 2. The first-order chi connectivity index (χ1) is 15.8. The number of nitrogens with zero attached hydrogens (tertiary/aromatic N) is 3. The van der Waals surface area contributed by atoms with Gasteiger partial charge in [-0.15, -0.1) is 0 Å². The molecule has 0 fully saturated rings. The van der Waals surface area contributed by atoms with Crippen LogP contribution in [0.25, 0.3) is 28.0 Å². The van der Waals surface area contributed by atoms with Crippen molar-refractivity contribution < 1.29 is 0 Å². The molecule has 0 atom stereocenters. The third-order valence-electron chi connectivity index (χ3n) is 6.86. The van der Waals surface area contributed by atoms with E-state index in [0.29, 0.717) is 0 Å². The van der Waals surface area contributed by atoms with E-state index in [4.69, 9.17) is 10.1 Å². The molecule has 0 aliphatic heterocycles. The number of aromatic nitrogens is 3. The molecule has 164 valence electrons. The summed E-state index contributed by atoms with van der Waals surface area (Å²) in [5.41, 5.74) is 8.50. The van der Waals surface area contributed by atoms with Crippen LogP contribution in [0.5, 0.6) is 0 Å². The molecule has 2 aromatic carbocycles. The van der Waals surface area contributed by atoms with Crippen LogP contribution in [0, 0.1) is 6.92 Å². The van der Waals surface area contributed by atoms with Crippen molar-refractivity contribution in [3.63, 3.8) is 0 Å². The molecule has 3 heteroatoms. The van der Waals surface area contributed by atoms with Crippen LogP contribution in [-0.4, -0.2) is 14.8 Å². The van der Waals surface area contributed by atoms with Gasteiger partial charge in [0.2, 0.25) is 0 Å². The lowest BCUT2D eigenvalue weighted by molar-refractivity contribution is 0.560. The third kappa shape index (κ3) is 4.21. The van der Waals surface area contributed by atoms with Crippen LogP contribution in [0.3, 0.4) is 0 Å². The van der Waals surface area contributed by atoms with Gasteiger partial charge in [-0.25, -0.2) is 9.67 Å². The normalized spacial score (nSPS) is 15.7. The van der Waals surface area contributed by atoms with Gasteiger partial charge in [0, 0.05) is 10.9 Å². The Morgan fingerprint density at radius 1 is 0.656 bits per heavy atom. The zero-order valence-corrected chi connectivity index (χ0v) is 19.2. The molecule has 0 radical (unpaired) electrons. The fraction of sp³-hybridized carbons (Fsp3) is 0.379. The van der Waals surface area contributed by atoms with Gasteiger partial charge in [-0.05, 0) is 55.9 Å². The van der Waals surface area contributed by atoms with E-state index in [1.165, 1.54) is 73.4 Å². The summed E-state index contributed by atoms with van der Waals surface area (Å²) in [6.07, 6.45) is 12.8. The van der Waals surface area contributed by atoms with E-state index in [0.717, 1.165) is 35.6 Å². The van der Waals surface area contributed by atoms with Crippen LogP contribution in [0.15, 0.2) is 60.7 Å². The van der Waals surface area contributed by atoms with E-state index < -0.39 is 0 Å². The van der Waals surface area contributed by atoms with Gasteiger partial charge in [0.25, 0.3) is 0 Å². The highest BCUT2D eigenvalue weighted by molar-refractivity contribution is 5.88. The monoisotopic (exact) mass is 423 g/mol. The van der Waals surface area contributed by atoms with Crippen LogP contribution < -0.4 is 0 Å². The first-order valence-corrected chi connectivity index (χ1v) is 12.3. The zero-order chi connectivity index (χ0) is 21.8. The Hall–Kier alpha value is -2.94. The second-order valence-electron chi connectivity index (χ2n) is 9.14. The molecule has 1 aliphatic carbocycles. The number of para-hydroxylation sites is 1. The third-order valence-corrected chi connectivity index (χ3v) is 6.86. The summed E-state index contributed by atoms with van der Waals surface area (Å²) in [6.45, 7) is 2.15. The predicted molar refractivity (Wildman–Crippen MR) is 133 cm³/mol. The molecule has 3 nitrogen and oxygen atoms in total. The van der Waals surface area contributed by atoms with Gasteiger partial charge in [0.1, 0.15) is 0 Å². The summed E-state index contributed by atoms with van der Waals surface area (Å²) in [7, 11) is 0. The Labute approximate surface area is 191 Å². The minimum absolute atomic E-state index is 0.999. The van der Waals surface area contributed by atoms with E-state index in [1.807, 2.05) is 4.68 Å². The van der Waals surface area contributed by atoms with Gasteiger partial charge in [0.15, 0.2) is 5.65 Å². The topological polar surface area (TPSA) is 30.7 Å². The lowest BCUT2D eigenvalue weighted by Crippen LogP contribution is -2.05. The van der Waals surface area contributed by atoms with Crippen molar-refractivity contribution in [1.82, 2.24) is 14.8 Å². The van der Waals surface area contributed by atoms with Crippen LogP contribution in [0.1, 0.15) is 68.2 Å². The largest absolute Gasteiger partial charge is 0.228 e. The van der Waals surface area contributed by atoms with E-state index in [-0.39, 0.29) is 0 Å². The minimum atomic E-state index is 0.999. The van der Waals surface area contributed by atoms with Gasteiger partial charge in [-0.3, -0.25) is 0 Å². The lowest BCUT2D eigenvalue weighted by atomic mass is 9.90. The van der Waals surface area contributed by atoms with Crippen molar-refractivity contribution in [1.29, 1.82) is 0 Å². The SMILES string of the molecule is Cc1nn(-c2ccccc2)c2nc(-c3ccccc3)c3c(c12)CCCCCCCCCC3. The Kier molecular flexibility index (Phi) is 6.34. The van der Waals surface area contributed by atoms with Crippen molar-refractivity contribution in [2.24, 2.45) is 0 Å². The molecule has 0 bridgehead atoms. The Morgan fingerprint density at radius 2 is 1.22 bits per heavy atom. The highest BCUT2D eigenvalue weighted by Crippen LogP contribution is 2.35. The average molecular weight is 424 g/mol. The first kappa shape index (κ1) is 20.9. The minimum Gasteiger partial charge on any atom is -0.228 e. The number of pyridine rings is 1. The van der Waals surface area contributed by atoms with E-state index >= 15 is 0 Å². The first-order valence-electron chi connectivity index (χ1n) is 12.3. The van der Waals surface area contributed by atoms with Crippen LogP contribution in [-0.2, 0) is 12.8 Å². The zero-order valence-electron chi connectivity index (χ0n) is 19.2. The van der Waals surface area contributed by atoms with Crippen molar-refractivity contribution in [2.45, 2.75) is 71.1 Å². The van der Waals surface area contributed by atoms with Crippen LogP contribution in [0.2, 0.25) is 0 Å². The number of aryl methyl sites for hydroxylation is 2. The maximum absolute atomic E-state index is 5.32. The second-order valence-corrected chi connectivity index (χ2v) is 9.14. The summed E-state index contributed by atoms with van der Waals surface area (Å²) in [5.74, 6) is 0. The van der Waals surface area contributed by atoms with Crippen molar-refractivity contribution >= 4 is 11.0 Å². The molecule has 0 saturated heterocycles. The molecule has 5 rings (SSSR count). The maximum Gasteiger partial charge on any atom is 0.164 e. The second kappa shape index (κ2) is 9.68. The molecule has 4 aromatic rings. The fourth-order valence-corrected chi connectivity index (χ4v) is 5.23. The summed E-state index contributed by atoms with van der Waals surface area (Å²) in [6, 6.07) is 21.2. The maximum atomic E-state index is 5.32. The number of fused-ring (bicyclic) bond motifs is 3. The smallest absolute Gasteiger partial charge is 0.164 e. The number of benzene rings is 2. The molecular formula is C29H33N3. The van der Waals surface area contributed by atoms with Gasteiger partial charge < -0.3 is 0 Å². The van der Waals surface area contributed by atoms with Crippen LogP contribution >= 0.6 is 0 Å². The lowest BCUT2D eigenvalue weighted by Gasteiger charge is -2.18. The molecule has 32 heavy (non-hydrogen) atoms. The van der Waals surface area contributed by atoms with Gasteiger partial charge in [0.05, 0.1) is 17.1 Å². The summed E-state index contributed by atoms with van der Waals surface area (Å²) in [4.78, 5) is 5.32. The summed E-state index contributed by atoms with van der Waals surface area (Å²) in [5, 5.41) is 6.26. The standard InChI is InChI=1S/C29H33N3/c1-22-27-25-20-14-6-4-2-3-5-7-15-21-26(25)28(23-16-10-8-11-17-23)30-29(27)32(31-22)24-18-12-9-13-19-24/h8-13,16-19H,2-7,14-15,20-21H2,1H3. The molecule has 0 amide bonds. The Morgan fingerprint density at radius 3 is 1.88 bits per heavy atom. The number of rotatable bonds is 2. The molecule has 2 heterocycles. The highest BCUT2D eigenvalue weighted by atomic mass is 15.3. The van der Waals surface area contributed by atoms with E-state index in [2.05, 4.69) is 67.6 Å². The Bertz CT molecular complexity index is 1180. The fourth-order valence-electron chi connectivity index (χ4n) is 5.23.